The molecule has 0 bridgehead atoms. The van der Waals surface area contributed by atoms with Gasteiger partial charge in [-0.2, -0.15) is 13.2 Å². The van der Waals surface area contributed by atoms with Crippen molar-refractivity contribution < 1.29 is 31.5 Å². The number of rotatable bonds is 4. The smallest absolute Gasteiger partial charge is 0.416 e. The number of halogens is 3. The van der Waals surface area contributed by atoms with Gasteiger partial charge in [-0.25, -0.2) is 18.5 Å². The van der Waals surface area contributed by atoms with E-state index in [0.29, 0.717) is 22.3 Å². The summed E-state index contributed by atoms with van der Waals surface area (Å²) in [5.74, 6) is -1.75. The number of hydrogen-bond donors (Lipinski definition) is 2. The maximum absolute atomic E-state index is 12.8. The third-order valence-corrected chi connectivity index (χ3v) is 5.38. The largest absolute Gasteiger partial charge is 0.481 e. The summed E-state index contributed by atoms with van der Waals surface area (Å²) in [5, 5.41) is 14.0. The van der Waals surface area contributed by atoms with E-state index in [1.54, 1.807) is 0 Å². The predicted molar refractivity (Wildman–Crippen MR) is 94.2 cm³/mol. The number of nitrogens with zero attached hydrogens (tertiary/aromatic N) is 1. The quantitative estimate of drug-likeness (QED) is 0.802. The summed E-state index contributed by atoms with van der Waals surface area (Å²) in [5.41, 5.74) is 1.35. The van der Waals surface area contributed by atoms with Crippen molar-refractivity contribution in [3.63, 3.8) is 0 Å². The molecule has 10 heteroatoms. The number of alkyl halides is 3. The first-order chi connectivity index (χ1) is 13.0. The van der Waals surface area contributed by atoms with Crippen LogP contribution in [0.15, 0.2) is 47.6 Å². The molecule has 0 saturated heterocycles. The van der Waals surface area contributed by atoms with E-state index in [0.717, 1.165) is 12.1 Å². The molecule has 0 amide bonds. The highest BCUT2D eigenvalue weighted by molar-refractivity contribution is 7.89. The number of carbonyl (C=O) groups is 1. The summed E-state index contributed by atoms with van der Waals surface area (Å²) in [6.45, 7) is 0. The molecule has 3 rings (SSSR count). The first-order valence-corrected chi connectivity index (χ1v) is 9.63. The van der Waals surface area contributed by atoms with E-state index >= 15 is 0 Å². The Morgan fingerprint density at radius 1 is 1.04 bits per heavy atom. The normalized spacial score (nSPS) is 17.8. The van der Waals surface area contributed by atoms with Gasteiger partial charge in [-0.3, -0.25) is 4.79 Å². The van der Waals surface area contributed by atoms with Crippen LogP contribution in [0.2, 0.25) is 0 Å². The molecule has 0 aliphatic heterocycles. The highest BCUT2D eigenvalue weighted by atomic mass is 32.2. The number of aliphatic carboxylic acids is 1. The zero-order valence-corrected chi connectivity index (χ0v) is 15.1. The van der Waals surface area contributed by atoms with Gasteiger partial charge >= 0.3 is 12.1 Å². The molecule has 1 atom stereocenters. The average Bonchev–Trinajstić information content (AvgIpc) is 3.06. The van der Waals surface area contributed by atoms with Crippen LogP contribution in [0.25, 0.3) is 11.1 Å². The molecule has 1 aromatic heterocycles. The predicted octanol–water partition coefficient (Wildman–Crippen LogP) is 3.15. The molecule has 28 heavy (non-hydrogen) atoms. The minimum Gasteiger partial charge on any atom is -0.481 e. The van der Waals surface area contributed by atoms with Crippen molar-refractivity contribution in [1.29, 1.82) is 0 Å². The van der Waals surface area contributed by atoms with Crippen molar-refractivity contribution in [2.45, 2.75) is 24.0 Å². The molecule has 0 spiro atoms. The van der Waals surface area contributed by atoms with Crippen LogP contribution in [-0.2, 0) is 21.0 Å². The lowest BCUT2D eigenvalue weighted by atomic mass is 9.97. The number of nitrogens with two attached hydrogens (primary N) is 1. The Bertz CT molecular complexity index is 1040. The molecule has 6 nitrogen and oxygen atoms in total. The van der Waals surface area contributed by atoms with E-state index in [1.165, 1.54) is 30.5 Å². The lowest BCUT2D eigenvalue weighted by molar-refractivity contribution is -0.141. The van der Waals surface area contributed by atoms with Crippen LogP contribution in [0.3, 0.4) is 0 Å². The average molecular weight is 412 g/mol. The zero-order chi connectivity index (χ0) is 20.7. The Morgan fingerprint density at radius 2 is 1.57 bits per heavy atom. The van der Waals surface area contributed by atoms with Crippen molar-refractivity contribution in [2.24, 2.45) is 11.1 Å². The molecule has 0 saturated carbocycles. The lowest BCUT2D eigenvalue weighted by Crippen LogP contribution is -2.13. The Labute approximate surface area is 158 Å². The van der Waals surface area contributed by atoms with Crippen LogP contribution in [-0.4, -0.2) is 24.5 Å². The molecular weight excluding hydrogens is 397 g/mol. The topological polar surface area (TPSA) is 110 Å². The van der Waals surface area contributed by atoms with Gasteiger partial charge in [0.05, 0.1) is 11.5 Å². The fourth-order valence-electron chi connectivity index (χ4n) is 3.16. The van der Waals surface area contributed by atoms with Crippen LogP contribution in [0.4, 0.5) is 13.2 Å². The first-order valence-electron chi connectivity index (χ1n) is 8.08. The van der Waals surface area contributed by atoms with Gasteiger partial charge in [0.2, 0.25) is 0 Å². The van der Waals surface area contributed by atoms with Gasteiger partial charge in [-0.15, -0.1) is 0 Å². The molecular formula is C18H15F3N2O4S. The maximum Gasteiger partial charge on any atom is 0.416 e. The monoisotopic (exact) mass is 412 g/mol. The van der Waals surface area contributed by atoms with Crippen molar-refractivity contribution in [2.75, 3.05) is 0 Å². The van der Waals surface area contributed by atoms with Gasteiger partial charge in [-0.05, 0) is 53.3 Å². The number of benzene rings is 1. The second-order valence-electron chi connectivity index (χ2n) is 6.41. The fourth-order valence-corrected chi connectivity index (χ4v) is 3.62. The number of carboxylic acids is 1. The summed E-state index contributed by atoms with van der Waals surface area (Å²) in [6, 6.07) is 7.14. The summed E-state index contributed by atoms with van der Waals surface area (Å²) in [7, 11) is -3.98. The van der Waals surface area contributed by atoms with Crippen molar-refractivity contribution in [1.82, 2.24) is 4.98 Å². The molecule has 1 aliphatic rings. The number of hydrogen-bond acceptors (Lipinski definition) is 4. The molecule has 1 aliphatic carbocycles. The highest BCUT2D eigenvalue weighted by Crippen LogP contribution is 2.43. The molecule has 3 N–H and O–H groups in total. The van der Waals surface area contributed by atoms with Gasteiger partial charge in [0, 0.05) is 6.20 Å². The van der Waals surface area contributed by atoms with Gasteiger partial charge in [0.1, 0.15) is 0 Å². The molecule has 0 radical (unpaired) electrons. The van der Waals surface area contributed by atoms with Crippen molar-refractivity contribution in [3.8, 4) is 0 Å². The van der Waals surface area contributed by atoms with E-state index in [9.17, 15) is 31.5 Å². The molecule has 1 unspecified atom stereocenters. The van der Waals surface area contributed by atoms with Crippen LogP contribution in [0.5, 0.6) is 0 Å². The number of allylic oxidation sites excluding steroid dienone is 2. The van der Waals surface area contributed by atoms with Gasteiger partial charge in [0.15, 0.2) is 5.03 Å². The molecule has 148 valence electrons. The van der Waals surface area contributed by atoms with Gasteiger partial charge in [0.25, 0.3) is 10.0 Å². The number of pyridine rings is 1. The third kappa shape index (κ3) is 4.07. The van der Waals surface area contributed by atoms with Gasteiger partial charge < -0.3 is 5.11 Å². The Hall–Kier alpha value is -2.72. The summed E-state index contributed by atoms with van der Waals surface area (Å²) >= 11 is 0. The fraction of sp³-hybridized carbons (Fsp3) is 0.222. The van der Waals surface area contributed by atoms with Crippen molar-refractivity contribution in [3.05, 3.63) is 59.3 Å². The third-order valence-electron chi connectivity index (χ3n) is 4.55. The number of aromatic nitrogens is 1. The summed E-state index contributed by atoms with van der Waals surface area (Å²) < 4.78 is 61.0. The van der Waals surface area contributed by atoms with Gasteiger partial charge in [-0.1, -0.05) is 18.2 Å². The second kappa shape index (κ2) is 7.02. The Morgan fingerprint density at radius 3 is 2.00 bits per heavy atom. The summed E-state index contributed by atoms with van der Waals surface area (Å²) in [6.07, 6.45) is -2.90. The minimum absolute atomic E-state index is 0.146. The van der Waals surface area contributed by atoms with Crippen LogP contribution in [0.1, 0.15) is 29.5 Å². The second-order valence-corrected chi connectivity index (χ2v) is 7.91. The molecule has 1 heterocycles. The van der Waals surface area contributed by atoms with Crippen LogP contribution in [0, 0.1) is 5.92 Å². The van der Waals surface area contributed by atoms with E-state index in [1.807, 2.05) is 0 Å². The van der Waals surface area contributed by atoms with Crippen LogP contribution >= 0.6 is 0 Å². The standard InChI is InChI=1S/C18H15F3N2O4S/c19-18(20,21)13-4-1-10(2-5-13)14-7-12(17(24)25)8-15(14)11-3-6-16(23-9-11)28(22,26)27/h1-6,9,12H,7-8H2,(H,24,25)(H2,22,26,27). The van der Waals surface area contributed by atoms with Crippen LogP contribution < -0.4 is 5.14 Å². The van der Waals surface area contributed by atoms with E-state index in [4.69, 9.17) is 5.14 Å². The summed E-state index contributed by atoms with van der Waals surface area (Å²) in [4.78, 5) is 15.2. The maximum atomic E-state index is 12.8. The van der Waals surface area contributed by atoms with E-state index < -0.39 is 33.7 Å². The molecule has 1 aromatic carbocycles. The van der Waals surface area contributed by atoms with Crippen molar-refractivity contribution >= 4 is 27.1 Å². The minimum atomic E-state index is -4.47. The van der Waals surface area contributed by atoms with E-state index in [-0.39, 0.29) is 17.9 Å². The number of carboxylic acid groups (broad SMARTS) is 1. The zero-order valence-electron chi connectivity index (χ0n) is 14.3. The Balaban J connectivity index is 2.04. The number of primary sulfonamides is 1. The first kappa shape index (κ1) is 20.0. The lowest BCUT2D eigenvalue weighted by Gasteiger charge is -2.11. The Kier molecular flexibility index (Phi) is 5.02. The molecule has 0 fully saturated rings. The SMILES string of the molecule is NS(=O)(=O)c1ccc(C2=C(c3ccc(C(F)(F)F)cc3)CC(C(=O)O)C2)cn1. The number of sulfonamides is 1. The highest BCUT2D eigenvalue weighted by Gasteiger charge is 2.33. The molecule has 2 aromatic rings. The van der Waals surface area contributed by atoms with E-state index in [2.05, 4.69) is 4.98 Å².